The number of carbonyl (C=O) groups is 1. The molecule has 0 saturated heterocycles. The first-order valence-electron chi connectivity index (χ1n) is 10.6. The van der Waals surface area contributed by atoms with Crippen molar-refractivity contribution in [1.82, 2.24) is 0 Å². The Morgan fingerprint density at radius 3 is 2.43 bits per heavy atom. The molecule has 0 amide bonds. The van der Waals surface area contributed by atoms with E-state index in [2.05, 4.69) is 0 Å². The summed E-state index contributed by atoms with van der Waals surface area (Å²) in [5, 5.41) is 10.1. The van der Waals surface area contributed by atoms with Gasteiger partial charge in [-0.1, -0.05) is 34.1 Å². The van der Waals surface area contributed by atoms with Gasteiger partial charge in [0.25, 0.3) is 0 Å². The van der Waals surface area contributed by atoms with Gasteiger partial charge in [-0.15, -0.1) is 0 Å². The largest absolute Gasteiger partial charge is 0.478 e. The molecule has 1 aromatic carbocycles. The van der Waals surface area contributed by atoms with Crippen LogP contribution < -0.4 is 5.43 Å². The molecule has 4 rings (SSSR count). The Morgan fingerprint density at radius 1 is 1.17 bits per heavy atom. The fourth-order valence-corrected chi connectivity index (χ4v) is 4.62. The number of hydrogen-bond acceptors (Lipinski definition) is 4. The van der Waals surface area contributed by atoms with Gasteiger partial charge < -0.3 is 13.9 Å². The highest BCUT2D eigenvalue weighted by atomic mass is 16.4. The van der Waals surface area contributed by atoms with E-state index in [1.807, 2.05) is 40.7 Å². The van der Waals surface area contributed by atoms with Gasteiger partial charge >= 0.3 is 5.97 Å². The van der Waals surface area contributed by atoms with E-state index < -0.39 is 11.4 Å². The van der Waals surface area contributed by atoms with E-state index in [9.17, 15) is 14.7 Å². The number of aryl methyl sites for hydroxylation is 1. The predicted molar refractivity (Wildman–Crippen MR) is 116 cm³/mol. The minimum Gasteiger partial charge on any atom is -0.478 e. The molecule has 0 bridgehead atoms. The van der Waals surface area contributed by atoms with Gasteiger partial charge in [0.15, 0.2) is 5.43 Å². The zero-order valence-corrected chi connectivity index (χ0v) is 18.2. The second-order valence-corrected chi connectivity index (χ2v) is 9.36. The van der Waals surface area contributed by atoms with E-state index in [-0.39, 0.29) is 22.8 Å². The Bertz CT molecular complexity index is 1190. The fraction of sp³-hybridized carbons (Fsp3) is 0.440. The fourth-order valence-electron chi connectivity index (χ4n) is 4.62. The molecule has 0 spiro atoms. The van der Waals surface area contributed by atoms with Crippen LogP contribution in [0.1, 0.15) is 90.9 Å². The third kappa shape index (κ3) is 3.26. The molecule has 5 heteroatoms. The van der Waals surface area contributed by atoms with E-state index in [0.717, 1.165) is 29.9 Å². The quantitative estimate of drug-likeness (QED) is 0.567. The molecule has 1 saturated carbocycles. The van der Waals surface area contributed by atoms with Crippen LogP contribution in [0.15, 0.2) is 38.1 Å². The summed E-state index contributed by atoms with van der Waals surface area (Å²) < 4.78 is 12.0. The van der Waals surface area contributed by atoms with Crippen molar-refractivity contribution in [2.75, 3.05) is 0 Å². The molecule has 5 nitrogen and oxygen atoms in total. The Labute approximate surface area is 175 Å². The van der Waals surface area contributed by atoms with Gasteiger partial charge in [-0.2, -0.15) is 0 Å². The van der Waals surface area contributed by atoms with Crippen molar-refractivity contribution >= 4 is 16.9 Å². The van der Waals surface area contributed by atoms with Gasteiger partial charge in [0, 0.05) is 17.4 Å². The zero-order valence-electron chi connectivity index (χ0n) is 18.2. The molecule has 2 aromatic heterocycles. The summed E-state index contributed by atoms with van der Waals surface area (Å²) in [6.07, 6.45) is 4.00. The molecule has 2 unspecified atom stereocenters. The predicted octanol–water partition coefficient (Wildman–Crippen LogP) is 5.91. The van der Waals surface area contributed by atoms with Gasteiger partial charge in [0.2, 0.25) is 0 Å². The Morgan fingerprint density at radius 2 is 1.87 bits per heavy atom. The molecule has 3 aromatic rings. The highest BCUT2D eigenvalue weighted by Gasteiger charge is 2.46. The van der Waals surface area contributed by atoms with Crippen LogP contribution in [0.2, 0.25) is 0 Å². The third-order valence-electron chi connectivity index (χ3n) is 6.03. The molecule has 30 heavy (non-hydrogen) atoms. The summed E-state index contributed by atoms with van der Waals surface area (Å²) in [6, 6.07) is 5.14. The lowest BCUT2D eigenvalue weighted by Crippen LogP contribution is -2.23. The van der Waals surface area contributed by atoms with Crippen molar-refractivity contribution in [1.29, 1.82) is 0 Å². The maximum Gasteiger partial charge on any atom is 0.336 e. The lowest BCUT2D eigenvalue weighted by molar-refractivity contribution is 0.0694. The van der Waals surface area contributed by atoms with Crippen molar-refractivity contribution < 1.29 is 18.7 Å². The van der Waals surface area contributed by atoms with E-state index >= 15 is 0 Å². The molecule has 1 aliphatic carbocycles. The van der Waals surface area contributed by atoms with Crippen LogP contribution >= 0.6 is 0 Å². The highest BCUT2D eigenvalue weighted by Crippen LogP contribution is 2.56. The number of fused-ring (bicyclic) bond motifs is 1. The summed E-state index contributed by atoms with van der Waals surface area (Å²) in [5.41, 5.74) is 2.35. The SMILES string of the molecule is CCCc1c(C2CC2c2occc2C)oc2ccc(C(=O)O)c(C(C)(C)C)c2c1=O. The zero-order chi connectivity index (χ0) is 21.8. The number of hydrogen-bond donors (Lipinski definition) is 1. The van der Waals surface area contributed by atoms with E-state index in [4.69, 9.17) is 8.83 Å². The Balaban J connectivity index is 1.95. The highest BCUT2D eigenvalue weighted by molar-refractivity contribution is 5.97. The monoisotopic (exact) mass is 408 g/mol. The first kappa shape index (κ1) is 20.5. The van der Waals surface area contributed by atoms with Crippen LogP contribution in [0.3, 0.4) is 0 Å². The van der Waals surface area contributed by atoms with Gasteiger partial charge in [-0.25, -0.2) is 4.79 Å². The van der Waals surface area contributed by atoms with Crippen LogP contribution in [0.25, 0.3) is 11.0 Å². The molecule has 2 heterocycles. The summed E-state index contributed by atoms with van der Waals surface area (Å²) in [7, 11) is 0. The second-order valence-electron chi connectivity index (χ2n) is 9.36. The molecular formula is C25H28O5. The molecule has 1 N–H and O–H groups in total. The molecule has 0 aliphatic heterocycles. The van der Waals surface area contributed by atoms with Gasteiger partial charge in [0.1, 0.15) is 17.1 Å². The van der Waals surface area contributed by atoms with E-state index in [1.54, 1.807) is 18.4 Å². The summed E-state index contributed by atoms with van der Waals surface area (Å²) >= 11 is 0. The lowest BCUT2D eigenvalue weighted by Gasteiger charge is -2.23. The van der Waals surface area contributed by atoms with Crippen molar-refractivity contribution in [3.05, 3.63) is 68.5 Å². The Kier molecular flexibility index (Phi) is 4.88. The van der Waals surface area contributed by atoms with Gasteiger partial charge in [0.05, 0.1) is 17.2 Å². The number of carboxylic acid groups (broad SMARTS) is 1. The standard InChI is InChI=1S/C25H28O5/c1-6-7-15-21(26)19-18(9-8-14(24(27)28)20(19)25(3,4)5)30-23(15)17-12-16(17)22-13(2)10-11-29-22/h8-11,16-17H,6-7,12H2,1-5H3,(H,27,28). The smallest absolute Gasteiger partial charge is 0.336 e. The average Bonchev–Trinajstić information content (AvgIpc) is 3.34. The van der Waals surface area contributed by atoms with Crippen LogP contribution in [-0.2, 0) is 11.8 Å². The normalized spacial score (nSPS) is 18.7. The first-order chi connectivity index (χ1) is 14.1. The number of furan rings is 1. The minimum atomic E-state index is -1.03. The maximum atomic E-state index is 13.7. The number of benzene rings is 1. The number of carboxylic acids is 1. The van der Waals surface area contributed by atoms with Crippen LogP contribution in [-0.4, -0.2) is 11.1 Å². The molecule has 1 aliphatic rings. The number of rotatable bonds is 5. The van der Waals surface area contributed by atoms with Crippen molar-refractivity contribution in [3.8, 4) is 0 Å². The molecule has 2 atom stereocenters. The second kappa shape index (κ2) is 7.15. The third-order valence-corrected chi connectivity index (χ3v) is 6.03. The maximum absolute atomic E-state index is 13.7. The number of aromatic carboxylic acids is 1. The van der Waals surface area contributed by atoms with E-state index in [0.29, 0.717) is 28.5 Å². The molecule has 0 radical (unpaired) electrons. The lowest BCUT2D eigenvalue weighted by atomic mass is 9.80. The summed E-state index contributed by atoms with van der Waals surface area (Å²) in [6.45, 7) is 9.85. The van der Waals surface area contributed by atoms with Gasteiger partial charge in [-0.05, 0) is 54.5 Å². The topological polar surface area (TPSA) is 80.7 Å². The van der Waals surface area contributed by atoms with Crippen molar-refractivity contribution in [3.63, 3.8) is 0 Å². The first-order valence-corrected chi connectivity index (χ1v) is 10.6. The van der Waals surface area contributed by atoms with Crippen LogP contribution in [0, 0.1) is 6.92 Å². The average molecular weight is 408 g/mol. The minimum absolute atomic E-state index is 0.0945. The van der Waals surface area contributed by atoms with Gasteiger partial charge in [-0.3, -0.25) is 4.79 Å². The van der Waals surface area contributed by atoms with Crippen molar-refractivity contribution in [2.24, 2.45) is 0 Å². The summed E-state index contributed by atoms with van der Waals surface area (Å²) in [4.78, 5) is 25.6. The Hall–Kier alpha value is -2.82. The van der Waals surface area contributed by atoms with E-state index in [1.165, 1.54) is 0 Å². The molecule has 158 valence electrons. The molecular weight excluding hydrogens is 380 g/mol. The summed E-state index contributed by atoms with van der Waals surface area (Å²) in [5.74, 6) is 1.00. The van der Waals surface area contributed by atoms with Crippen LogP contribution in [0.5, 0.6) is 0 Å². The van der Waals surface area contributed by atoms with Crippen LogP contribution in [0.4, 0.5) is 0 Å². The van der Waals surface area contributed by atoms with Crippen molar-refractivity contribution in [2.45, 2.75) is 71.1 Å². The molecule has 1 fully saturated rings.